The van der Waals surface area contributed by atoms with Crippen LogP contribution in [0.2, 0.25) is 0 Å². The fourth-order valence-electron chi connectivity index (χ4n) is 9.75. The first-order chi connectivity index (χ1) is 30.5. The molecule has 0 aliphatic carbocycles. The van der Waals surface area contributed by atoms with Crippen LogP contribution < -0.4 is 0 Å². The molecule has 62 heavy (non-hydrogen) atoms. The molecule has 2 aliphatic rings. The maximum atomic E-state index is 14.8. The zero-order valence-corrected chi connectivity index (χ0v) is 42.0. The van der Waals surface area contributed by atoms with E-state index in [0.717, 1.165) is 34.8 Å². The summed E-state index contributed by atoms with van der Waals surface area (Å²) in [5.74, 6) is 1.02. The van der Waals surface area contributed by atoms with Gasteiger partial charge in [0, 0.05) is 29.0 Å². The maximum absolute atomic E-state index is 14.8. The van der Waals surface area contributed by atoms with Crippen molar-refractivity contribution in [3.8, 4) is 0 Å². The molecule has 0 aromatic carbocycles. The Bertz CT molecular complexity index is 1580. The van der Waals surface area contributed by atoms with Gasteiger partial charge in [0.2, 0.25) is 0 Å². The molecule has 0 fully saturated rings. The molecule has 2 aliphatic heterocycles. The van der Waals surface area contributed by atoms with Gasteiger partial charge in [-0.05, 0) is 73.3 Å². The molecule has 4 heterocycles. The van der Waals surface area contributed by atoms with Crippen LogP contribution in [0.4, 0.5) is 0 Å². The van der Waals surface area contributed by atoms with Crippen LogP contribution in [-0.2, 0) is 9.59 Å². The first kappa shape index (κ1) is 52.2. The Hall–Kier alpha value is -2.44. The van der Waals surface area contributed by atoms with E-state index in [2.05, 4.69) is 74.4 Å². The van der Waals surface area contributed by atoms with Crippen molar-refractivity contribution in [2.45, 2.75) is 233 Å². The summed E-state index contributed by atoms with van der Waals surface area (Å²) in [7, 11) is 0. The predicted octanol–water partition coefficient (Wildman–Crippen LogP) is 18.1. The smallest absolute Gasteiger partial charge is 0.260 e. The fourth-order valence-corrected chi connectivity index (χ4v) is 11.3. The Morgan fingerprint density at radius 3 is 1.39 bits per heavy atom. The lowest BCUT2D eigenvalue weighted by molar-refractivity contribution is -0.124. The van der Waals surface area contributed by atoms with Crippen LogP contribution in [0.15, 0.2) is 47.0 Å². The van der Waals surface area contributed by atoms with Gasteiger partial charge in [-0.3, -0.25) is 9.59 Å². The highest BCUT2D eigenvalue weighted by Crippen LogP contribution is 2.44. The Morgan fingerprint density at radius 2 is 0.935 bits per heavy atom. The van der Waals surface area contributed by atoms with Gasteiger partial charge in [0.15, 0.2) is 0 Å². The maximum Gasteiger partial charge on any atom is 0.260 e. The van der Waals surface area contributed by atoms with Gasteiger partial charge in [0.25, 0.3) is 11.8 Å². The van der Waals surface area contributed by atoms with E-state index >= 15 is 0 Å². The number of hydrogen-bond donors (Lipinski definition) is 0. The highest BCUT2D eigenvalue weighted by molar-refractivity contribution is 7.14. The van der Waals surface area contributed by atoms with Gasteiger partial charge >= 0.3 is 0 Å². The second-order valence-electron chi connectivity index (χ2n) is 19.1. The van der Waals surface area contributed by atoms with E-state index in [1.807, 2.05) is 11.1 Å². The van der Waals surface area contributed by atoms with Gasteiger partial charge in [0.1, 0.15) is 0 Å². The second-order valence-corrected chi connectivity index (χ2v) is 21.2. The van der Waals surface area contributed by atoms with Crippen molar-refractivity contribution in [3.63, 3.8) is 0 Å². The van der Waals surface area contributed by atoms with Crippen molar-refractivity contribution in [2.75, 3.05) is 13.1 Å². The number of amides is 2. The summed E-state index contributed by atoms with van der Waals surface area (Å²) in [6.07, 6.45) is 47.7. The lowest BCUT2D eigenvalue weighted by Crippen LogP contribution is -2.33. The van der Waals surface area contributed by atoms with Crippen molar-refractivity contribution in [1.29, 1.82) is 0 Å². The summed E-state index contributed by atoms with van der Waals surface area (Å²) in [5.41, 5.74) is 2.19. The molecule has 0 bridgehead atoms. The van der Waals surface area contributed by atoms with Crippen LogP contribution in [0, 0.1) is 11.8 Å². The number of carbonyl (C=O) groups excluding carboxylic acids is 2. The summed E-state index contributed by atoms with van der Waals surface area (Å²) in [6.45, 7) is 10.6. The van der Waals surface area contributed by atoms with Crippen molar-refractivity contribution in [1.82, 2.24) is 9.80 Å². The quantitative estimate of drug-likeness (QED) is 0.0628. The molecular formula is C56H90N2O2S2. The van der Waals surface area contributed by atoms with Crippen LogP contribution in [0.5, 0.6) is 0 Å². The van der Waals surface area contributed by atoms with E-state index in [9.17, 15) is 9.59 Å². The van der Waals surface area contributed by atoms with Gasteiger partial charge in [-0.15, -0.1) is 22.7 Å². The summed E-state index contributed by atoms with van der Waals surface area (Å²) >= 11 is 3.46. The van der Waals surface area contributed by atoms with E-state index in [1.54, 1.807) is 22.7 Å². The van der Waals surface area contributed by atoms with Crippen LogP contribution in [0.25, 0.3) is 17.8 Å². The molecule has 2 unspecified atom stereocenters. The first-order valence-electron chi connectivity index (χ1n) is 26.4. The van der Waals surface area contributed by atoms with Gasteiger partial charge in [0.05, 0.1) is 21.7 Å². The molecule has 2 aromatic heterocycles. The molecule has 4 rings (SSSR count). The van der Waals surface area contributed by atoms with Gasteiger partial charge < -0.3 is 9.80 Å². The first-order valence-corrected chi connectivity index (χ1v) is 28.1. The Morgan fingerprint density at radius 1 is 0.500 bits per heavy atom. The van der Waals surface area contributed by atoms with Crippen molar-refractivity contribution < 1.29 is 9.59 Å². The van der Waals surface area contributed by atoms with Crippen LogP contribution in [-0.4, -0.2) is 34.7 Å². The summed E-state index contributed by atoms with van der Waals surface area (Å²) < 4.78 is 0. The number of nitrogens with zero attached hydrogens (tertiary/aromatic N) is 2. The zero-order valence-electron chi connectivity index (χ0n) is 40.3. The minimum absolute atomic E-state index is 0.0503. The van der Waals surface area contributed by atoms with Crippen LogP contribution in [0.3, 0.4) is 0 Å². The van der Waals surface area contributed by atoms with Crippen molar-refractivity contribution >= 4 is 52.3 Å². The third-order valence-electron chi connectivity index (χ3n) is 13.6. The highest BCUT2D eigenvalue weighted by atomic mass is 32.1. The van der Waals surface area contributed by atoms with Gasteiger partial charge in [-0.25, -0.2) is 0 Å². The average Bonchev–Trinajstić information content (AvgIpc) is 4.09. The normalized spacial score (nSPS) is 15.2. The number of rotatable bonds is 39. The molecule has 2 aromatic rings. The van der Waals surface area contributed by atoms with Crippen molar-refractivity contribution in [2.24, 2.45) is 11.8 Å². The number of hydrogen-bond acceptors (Lipinski definition) is 4. The number of unbranched alkanes of at least 4 members (excludes halogenated alkanes) is 24. The molecule has 0 radical (unpaired) electrons. The third-order valence-corrected chi connectivity index (χ3v) is 15.5. The van der Waals surface area contributed by atoms with E-state index in [-0.39, 0.29) is 11.8 Å². The average molecular weight is 887 g/mol. The summed E-state index contributed by atoms with van der Waals surface area (Å²) in [6, 6.07) is 8.58. The molecule has 348 valence electrons. The minimum Gasteiger partial charge on any atom is -0.314 e. The largest absolute Gasteiger partial charge is 0.314 e. The Labute approximate surface area is 389 Å². The summed E-state index contributed by atoms with van der Waals surface area (Å²) in [5, 5.41) is 2.11. The van der Waals surface area contributed by atoms with Gasteiger partial charge in [-0.2, -0.15) is 0 Å². The Balaban J connectivity index is 1.53. The molecule has 2 atom stereocenters. The van der Waals surface area contributed by atoms with Crippen LogP contribution in [0.1, 0.15) is 248 Å². The molecule has 0 spiro atoms. The van der Waals surface area contributed by atoms with E-state index in [4.69, 9.17) is 0 Å². The van der Waals surface area contributed by atoms with Crippen molar-refractivity contribution in [3.05, 3.63) is 61.6 Å². The third kappa shape index (κ3) is 19.0. The minimum atomic E-state index is 0.0503. The van der Waals surface area contributed by atoms with E-state index < -0.39 is 0 Å². The SMILES string of the molecule is CCCCCCCCCCC(CCCCCCCC)CN1C=C2C(=O)N(CC(CCCCCCCC)CCCCCCCCCC)C(c3ccc(/C=C/c4cccs4)s3)=C2C1=O. The second kappa shape index (κ2) is 32.3. The highest BCUT2D eigenvalue weighted by Gasteiger charge is 2.45. The number of fused-ring (bicyclic) bond motifs is 1. The molecule has 4 nitrogen and oxygen atoms in total. The lowest BCUT2D eigenvalue weighted by atomic mass is 9.93. The Kier molecular flexibility index (Phi) is 27.1. The zero-order chi connectivity index (χ0) is 44.0. The monoisotopic (exact) mass is 887 g/mol. The summed E-state index contributed by atoms with van der Waals surface area (Å²) in [4.78, 5) is 37.0. The van der Waals surface area contributed by atoms with Crippen LogP contribution >= 0.6 is 22.7 Å². The molecule has 2 amide bonds. The fraction of sp³-hybridized carbons (Fsp3) is 0.714. The van der Waals surface area contributed by atoms with Gasteiger partial charge in [-0.1, -0.05) is 214 Å². The van der Waals surface area contributed by atoms with E-state index in [1.165, 1.54) is 198 Å². The predicted molar refractivity (Wildman–Crippen MR) is 273 cm³/mol. The molecule has 6 heteroatoms. The number of thiophene rings is 2. The standard InChI is InChI=1S/C56H90N2O2S2/c1-5-9-13-17-21-23-27-30-35-47(34-29-25-19-15-11-7-3)44-57-46-51-53(56(57)60)54(52-42-41-50(62-52)40-39-49-38-33-43-61-49)58(55(51)59)45-48(36-31-26-20-16-12-8-4)37-32-28-24-22-18-14-10-6-2/h33,38-43,46-48H,5-32,34-37,44-45H2,1-4H3/b40-39+. The lowest BCUT2D eigenvalue weighted by Gasteiger charge is -2.28. The molecular weight excluding hydrogens is 797 g/mol. The topological polar surface area (TPSA) is 40.6 Å². The molecule has 0 saturated heterocycles. The molecule has 0 N–H and O–H groups in total. The molecule has 0 saturated carbocycles. The van der Waals surface area contributed by atoms with E-state index in [0.29, 0.717) is 29.5 Å². The number of carbonyl (C=O) groups is 2.